The van der Waals surface area contributed by atoms with Gasteiger partial charge < -0.3 is 15.7 Å². The zero-order valence-electron chi connectivity index (χ0n) is 11.9. The molecule has 6 heteroatoms. The molecule has 5 nitrogen and oxygen atoms in total. The third-order valence-electron chi connectivity index (χ3n) is 3.88. The van der Waals surface area contributed by atoms with Crippen molar-refractivity contribution in [1.29, 1.82) is 0 Å². The van der Waals surface area contributed by atoms with Crippen LogP contribution in [0.2, 0.25) is 0 Å². The molecule has 1 atom stereocenters. The van der Waals surface area contributed by atoms with Crippen LogP contribution in [0.5, 0.6) is 0 Å². The molecular formula is C15H19BrN2O3. The summed E-state index contributed by atoms with van der Waals surface area (Å²) in [5.74, 6) is -0.880. The normalized spacial score (nSPS) is 17.4. The van der Waals surface area contributed by atoms with Crippen LogP contribution in [0.4, 0.5) is 4.79 Å². The molecule has 1 aromatic carbocycles. The lowest BCUT2D eigenvalue weighted by molar-refractivity contribution is -0.139. The van der Waals surface area contributed by atoms with Gasteiger partial charge in [0.15, 0.2) is 0 Å². The highest BCUT2D eigenvalue weighted by atomic mass is 79.9. The number of aliphatic carboxylic acids is 1. The molecule has 0 heterocycles. The second kappa shape index (κ2) is 6.47. The lowest BCUT2D eigenvalue weighted by Crippen LogP contribution is -2.57. The van der Waals surface area contributed by atoms with E-state index in [1.807, 2.05) is 31.2 Å². The minimum atomic E-state index is -0.880. The predicted octanol–water partition coefficient (Wildman–Crippen LogP) is 3.21. The van der Waals surface area contributed by atoms with Gasteiger partial charge in [0.05, 0.1) is 18.0 Å². The molecule has 1 unspecified atom stereocenters. The molecule has 0 saturated heterocycles. The molecule has 2 amide bonds. The summed E-state index contributed by atoms with van der Waals surface area (Å²) in [5, 5.41) is 14.6. The van der Waals surface area contributed by atoms with Gasteiger partial charge in [-0.05, 0) is 43.9 Å². The van der Waals surface area contributed by atoms with Gasteiger partial charge in [0.25, 0.3) is 0 Å². The van der Waals surface area contributed by atoms with Gasteiger partial charge in [-0.2, -0.15) is 0 Å². The zero-order valence-corrected chi connectivity index (χ0v) is 13.4. The summed E-state index contributed by atoms with van der Waals surface area (Å²) in [5.41, 5.74) is 0.410. The highest BCUT2D eigenvalue weighted by Crippen LogP contribution is 2.34. The van der Waals surface area contributed by atoms with Crippen molar-refractivity contribution < 1.29 is 14.7 Å². The third-order valence-corrected chi connectivity index (χ3v) is 4.37. The van der Waals surface area contributed by atoms with Gasteiger partial charge in [-0.15, -0.1) is 0 Å². The van der Waals surface area contributed by atoms with Crippen molar-refractivity contribution in [2.75, 3.05) is 0 Å². The molecule has 0 aromatic heterocycles. The number of hydrogen-bond acceptors (Lipinski definition) is 2. The lowest BCUT2D eigenvalue weighted by Gasteiger charge is -2.41. The zero-order chi connectivity index (χ0) is 15.5. The molecule has 1 aliphatic carbocycles. The van der Waals surface area contributed by atoms with Gasteiger partial charge in [0.2, 0.25) is 0 Å². The minimum Gasteiger partial charge on any atom is -0.481 e. The SMILES string of the molecule is CC(NC(=O)NC1(CC(=O)O)CCC1)c1cccc(Br)c1. The summed E-state index contributed by atoms with van der Waals surface area (Å²) in [4.78, 5) is 23.0. The Morgan fingerprint density at radius 3 is 2.67 bits per heavy atom. The number of amides is 2. The number of nitrogens with one attached hydrogen (secondary N) is 2. The maximum absolute atomic E-state index is 12.1. The van der Waals surface area contributed by atoms with E-state index in [1.165, 1.54) is 0 Å². The highest BCUT2D eigenvalue weighted by molar-refractivity contribution is 9.10. The molecule has 1 aromatic rings. The quantitative estimate of drug-likeness (QED) is 0.759. The second-order valence-electron chi connectivity index (χ2n) is 5.58. The number of carbonyl (C=O) groups excluding carboxylic acids is 1. The summed E-state index contributed by atoms with van der Waals surface area (Å²) in [6.45, 7) is 1.89. The number of rotatable bonds is 5. The average molecular weight is 355 g/mol. The van der Waals surface area contributed by atoms with Crippen molar-refractivity contribution in [2.24, 2.45) is 0 Å². The van der Waals surface area contributed by atoms with Gasteiger partial charge >= 0.3 is 12.0 Å². The van der Waals surface area contributed by atoms with Gasteiger partial charge in [0, 0.05) is 4.47 Å². The van der Waals surface area contributed by atoms with E-state index in [2.05, 4.69) is 26.6 Å². The molecule has 0 radical (unpaired) electrons. The summed E-state index contributed by atoms with van der Waals surface area (Å²) < 4.78 is 0.954. The van der Waals surface area contributed by atoms with Gasteiger partial charge in [-0.25, -0.2) is 4.79 Å². The van der Waals surface area contributed by atoms with Gasteiger partial charge in [-0.1, -0.05) is 28.1 Å². The number of carboxylic acids is 1. The first-order chi connectivity index (χ1) is 9.90. The van der Waals surface area contributed by atoms with Crippen LogP contribution in [0.25, 0.3) is 0 Å². The topological polar surface area (TPSA) is 78.4 Å². The summed E-state index contributed by atoms with van der Waals surface area (Å²) in [6.07, 6.45) is 2.37. The Morgan fingerprint density at radius 1 is 1.43 bits per heavy atom. The van der Waals surface area contributed by atoms with E-state index in [0.29, 0.717) is 0 Å². The van der Waals surface area contributed by atoms with Crippen LogP contribution in [0.3, 0.4) is 0 Å². The van der Waals surface area contributed by atoms with E-state index in [9.17, 15) is 9.59 Å². The maximum Gasteiger partial charge on any atom is 0.315 e. The van der Waals surface area contributed by atoms with Gasteiger partial charge in [0.1, 0.15) is 0 Å². The van der Waals surface area contributed by atoms with Crippen molar-refractivity contribution in [2.45, 2.75) is 44.2 Å². The maximum atomic E-state index is 12.1. The largest absolute Gasteiger partial charge is 0.481 e. The molecule has 0 bridgehead atoms. The number of hydrogen-bond donors (Lipinski definition) is 3. The number of benzene rings is 1. The first kappa shape index (κ1) is 15.8. The molecule has 0 aliphatic heterocycles. The van der Waals surface area contributed by atoms with E-state index in [1.54, 1.807) is 0 Å². The highest BCUT2D eigenvalue weighted by Gasteiger charge is 2.40. The van der Waals surface area contributed by atoms with Crippen LogP contribution in [0.1, 0.15) is 44.2 Å². The Hall–Kier alpha value is -1.56. The fraction of sp³-hybridized carbons (Fsp3) is 0.467. The van der Waals surface area contributed by atoms with E-state index in [4.69, 9.17) is 5.11 Å². The van der Waals surface area contributed by atoms with Crippen molar-refractivity contribution in [3.63, 3.8) is 0 Å². The Morgan fingerprint density at radius 2 is 2.14 bits per heavy atom. The van der Waals surface area contributed by atoms with E-state index in [-0.39, 0.29) is 18.5 Å². The standard InChI is InChI=1S/C15H19BrN2O3/c1-10(11-4-2-5-12(16)8-11)17-14(21)18-15(6-3-7-15)9-13(19)20/h2,4-5,8,10H,3,6-7,9H2,1H3,(H,19,20)(H2,17,18,21). The molecule has 114 valence electrons. The molecule has 1 saturated carbocycles. The number of urea groups is 1. The fourth-order valence-electron chi connectivity index (χ4n) is 2.57. The predicted molar refractivity (Wildman–Crippen MR) is 83.1 cm³/mol. The van der Waals surface area contributed by atoms with Crippen LogP contribution in [0.15, 0.2) is 28.7 Å². The van der Waals surface area contributed by atoms with Crippen molar-refractivity contribution in [3.05, 3.63) is 34.3 Å². The smallest absolute Gasteiger partial charge is 0.315 e. The molecule has 1 fully saturated rings. The number of carbonyl (C=O) groups is 2. The number of halogens is 1. The molecular weight excluding hydrogens is 336 g/mol. The van der Waals surface area contributed by atoms with Crippen molar-refractivity contribution >= 4 is 27.9 Å². The number of carboxylic acid groups (broad SMARTS) is 1. The lowest BCUT2D eigenvalue weighted by atomic mass is 9.74. The van der Waals surface area contributed by atoms with Gasteiger partial charge in [-0.3, -0.25) is 4.79 Å². The molecule has 21 heavy (non-hydrogen) atoms. The van der Waals surface area contributed by atoms with Crippen LogP contribution in [-0.2, 0) is 4.79 Å². The van der Waals surface area contributed by atoms with E-state index < -0.39 is 11.5 Å². The first-order valence-corrected chi connectivity index (χ1v) is 7.75. The minimum absolute atomic E-state index is 0.0221. The van der Waals surface area contributed by atoms with Crippen LogP contribution in [0, 0.1) is 0 Å². The van der Waals surface area contributed by atoms with E-state index in [0.717, 1.165) is 29.3 Å². The second-order valence-corrected chi connectivity index (χ2v) is 6.50. The average Bonchev–Trinajstić information content (AvgIpc) is 2.35. The van der Waals surface area contributed by atoms with E-state index >= 15 is 0 Å². The molecule has 2 rings (SSSR count). The van der Waals surface area contributed by atoms with Crippen molar-refractivity contribution in [3.8, 4) is 0 Å². The Bertz CT molecular complexity index is 543. The molecule has 1 aliphatic rings. The fourth-order valence-corrected chi connectivity index (χ4v) is 2.99. The molecule has 3 N–H and O–H groups in total. The molecule has 0 spiro atoms. The Balaban J connectivity index is 1.93. The summed E-state index contributed by atoms with van der Waals surface area (Å²) >= 11 is 3.40. The third kappa shape index (κ3) is 4.20. The first-order valence-electron chi connectivity index (χ1n) is 6.96. The summed E-state index contributed by atoms with van der Waals surface area (Å²) in [7, 11) is 0. The Kier molecular flexibility index (Phi) is 4.88. The van der Waals surface area contributed by atoms with Crippen LogP contribution >= 0.6 is 15.9 Å². The summed E-state index contributed by atoms with van der Waals surface area (Å²) in [6, 6.07) is 7.25. The van der Waals surface area contributed by atoms with Crippen LogP contribution in [-0.4, -0.2) is 22.6 Å². The van der Waals surface area contributed by atoms with Crippen molar-refractivity contribution in [1.82, 2.24) is 10.6 Å². The monoisotopic (exact) mass is 354 g/mol. The van der Waals surface area contributed by atoms with Crippen LogP contribution < -0.4 is 10.6 Å². The Labute approximate surface area is 132 Å².